The van der Waals surface area contributed by atoms with Gasteiger partial charge in [0.15, 0.2) is 5.78 Å². The molecular formula is C42H76N2O5. The summed E-state index contributed by atoms with van der Waals surface area (Å²) in [6.07, 6.45) is 13.5. The molecule has 0 radical (unpaired) electrons. The molecule has 0 bridgehead atoms. The van der Waals surface area contributed by atoms with Crippen LogP contribution >= 0.6 is 0 Å². The number of amides is 1. The smallest absolute Gasteiger partial charge is 0.220 e. The monoisotopic (exact) mass is 689 g/mol. The van der Waals surface area contributed by atoms with Crippen molar-refractivity contribution in [2.45, 2.75) is 160 Å². The van der Waals surface area contributed by atoms with Crippen molar-refractivity contribution in [2.75, 3.05) is 13.6 Å². The third kappa shape index (κ3) is 36.2. The molecule has 1 amide bonds. The van der Waals surface area contributed by atoms with Gasteiger partial charge in [0.1, 0.15) is 11.7 Å². The zero-order chi connectivity index (χ0) is 38.6. The topological polar surface area (TPSA) is 123 Å². The van der Waals surface area contributed by atoms with E-state index in [1.807, 2.05) is 46.0 Å². The molecule has 3 N–H and O–H groups in total. The maximum atomic E-state index is 11.5. The van der Waals surface area contributed by atoms with E-state index in [0.717, 1.165) is 69.9 Å². The molecule has 0 aliphatic carbocycles. The first kappa shape index (κ1) is 52.9. The molecule has 7 nitrogen and oxygen atoms in total. The standard InChI is InChI=1S/C12H22O.C11H21NO2.C7H14O.C7H8.C5H11NO/c1-5-7-8-12(10(3)6-2)11(4)9-13;1-4-5-6-10(7-8-12-3)11(14)9(2)13;1-3-4-5-6-7(2)8;1-7-5-3-2-4-6-7;1-3-4(2)5(6)7/h10,12H,5-8H2,1-4H3;10,12H,4-8H2,1-3H3;3-6H2,1-2H3;2-6H,1H3;4H,3H2,1-2H3,(H2,6,7). The Labute approximate surface area is 302 Å². The van der Waals surface area contributed by atoms with E-state index in [0.29, 0.717) is 17.6 Å². The zero-order valence-electron chi connectivity index (χ0n) is 33.7. The molecule has 1 aromatic carbocycles. The first-order valence-corrected chi connectivity index (χ1v) is 18.9. The lowest BCUT2D eigenvalue weighted by atomic mass is 9.83. The molecule has 0 fully saturated rings. The minimum absolute atomic E-state index is 0.0417. The van der Waals surface area contributed by atoms with Crippen molar-refractivity contribution in [3.63, 3.8) is 0 Å². The van der Waals surface area contributed by atoms with Crippen molar-refractivity contribution in [2.24, 2.45) is 29.4 Å². The number of carbonyl (C=O) groups excluding carboxylic acids is 5. The predicted octanol–water partition coefficient (Wildman–Crippen LogP) is 9.85. The summed E-state index contributed by atoms with van der Waals surface area (Å²) in [5.41, 5.74) is 7.13. The van der Waals surface area contributed by atoms with Gasteiger partial charge in [0.2, 0.25) is 11.7 Å². The second-order valence-corrected chi connectivity index (χ2v) is 13.1. The number of allylic oxidation sites excluding steroid dienone is 1. The van der Waals surface area contributed by atoms with Crippen LogP contribution in [0, 0.1) is 30.6 Å². The summed E-state index contributed by atoms with van der Waals surface area (Å²) in [5, 5.41) is 3.00. The Kier molecular flexibility index (Phi) is 40.9. The molecule has 0 spiro atoms. The molecule has 0 heterocycles. The average molecular weight is 689 g/mol. The molecule has 284 valence electrons. The summed E-state index contributed by atoms with van der Waals surface area (Å²) in [7, 11) is 1.86. The van der Waals surface area contributed by atoms with Crippen molar-refractivity contribution >= 4 is 29.2 Å². The van der Waals surface area contributed by atoms with Crippen LogP contribution in [-0.2, 0) is 24.0 Å². The molecule has 0 aromatic heterocycles. The molecule has 4 unspecified atom stereocenters. The highest BCUT2D eigenvalue weighted by Gasteiger charge is 2.21. The van der Waals surface area contributed by atoms with E-state index in [1.54, 1.807) is 6.92 Å². The van der Waals surface area contributed by atoms with Crippen LogP contribution in [0.25, 0.3) is 0 Å². The Balaban J connectivity index is -0.000000267. The molecule has 1 rings (SSSR count). The van der Waals surface area contributed by atoms with E-state index >= 15 is 0 Å². The van der Waals surface area contributed by atoms with Gasteiger partial charge in [-0.05, 0) is 78.3 Å². The third-order valence-corrected chi connectivity index (χ3v) is 8.45. The number of carbonyl (C=O) groups is 4. The average Bonchev–Trinajstić information content (AvgIpc) is 3.08. The van der Waals surface area contributed by atoms with Crippen LogP contribution in [-0.4, -0.2) is 42.8 Å². The van der Waals surface area contributed by atoms with E-state index in [9.17, 15) is 24.0 Å². The normalized spacial score (nSPS) is 12.2. The summed E-state index contributed by atoms with van der Waals surface area (Å²) in [6.45, 7) is 22.4. The largest absolute Gasteiger partial charge is 0.369 e. The number of unbranched alkanes of at least 4 members (excludes halogenated alkanes) is 4. The quantitative estimate of drug-likeness (QED) is 0.0799. The van der Waals surface area contributed by atoms with Gasteiger partial charge in [-0.2, -0.15) is 0 Å². The molecule has 1 aromatic rings. The fourth-order valence-electron chi connectivity index (χ4n) is 4.53. The lowest BCUT2D eigenvalue weighted by Crippen LogP contribution is -2.25. The fraction of sp³-hybridized carbons (Fsp3) is 0.714. The number of hydrogen-bond donors (Lipinski definition) is 2. The van der Waals surface area contributed by atoms with E-state index in [2.05, 4.69) is 64.9 Å². The number of Topliss-reactive ketones (excluding diaryl/α,β-unsaturated/α-hetero) is 3. The van der Waals surface area contributed by atoms with Crippen molar-refractivity contribution in [1.29, 1.82) is 0 Å². The van der Waals surface area contributed by atoms with E-state index in [-0.39, 0.29) is 29.3 Å². The SMILES string of the molecule is CCC(C)C(N)=O.CCCCC(C(C)=C=O)C(C)CC.CCCCC(CCNC)C(=O)C(C)=O.CCCCCC(C)=O.Cc1ccccc1. The summed E-state index contributed by atoms with van der Waals surface area (Å²) in [5.74, 6) is 2.72. The number of rotatable bonds is 20. The van der Waals surface area contributed by atoms with Crippen LogP contribution in [0.3, 0.4) is 0 Å². The molecule has 0 aliphatic rings. The maximum Gasteiger partial charge on any atom is 0.220 e. The second kappa shape index (κ2) is 37.9. The Morgan fingerprint density at radius 2 is 1.31 bits per heavy atom. The van der Waals surface area contributed by atoms with Crippen molar-refractivity contribution < 1.29 is 24.0 Å². The van der Waals surface area contributed by atoms with Gasteiger partial charge in [-0.3, -0.25) is 14.4 Å². The number of hydrogen-bond acceptors (Lipinski definition) is 6. The first-order chi connectivity index (χ1) is 23.1. The number of nitrogens with two attached hydrogens (primary N) is 1. The molecule has 0 saturated heterocycles. The van der Waals surface area contributed by atoms with Gasteiger partial charge in [-0.15, -0.1) is 0 Å². The number of ketones is 3. The van der Waals surface area contributed by atoms with Crippen LogP contribution in [0.5, 0.6) is 0 Å². The van der Waals surface area contributed by atoms with Gasteiger partial charge in [0.25, 0.3) is 0 Å². The molecular weight excluding hydrogens is 612 g/mol. The Morgan fingerprint density at radius 3 is 1.63 bits per heavy atom. The van der Waals surface area contributed by atoms with Gasteiger partial charge in [-0.25, -0.2) is 4.79 Å². The number of benzene rings is 1. The van der Waals surface area contributed by atoms with Gasteiger partial charge >= 0.3 is 0 Å². The van der Waals surface area contributed by atoms with Gasteiger partial charge < -0.3 is 15.8 Å². The summed E-state index contributed by atoms with van der Waals surface area (Å²) in [6, 6.07) is 10.3. The molecule has 4 atom stereocenters. The second-order valence-electron chi connectivity index (χ2n) is 13.1. The van der Waals surface area contributed by atoms with Crippen LogP contribution in [0.15, 0.2) is 35.9 Å². The Morgan fingerprint density at radius 1 is 0.776 bits per heavy atom. The van der Waals surface area contributed by atoms with E-state index in [4.69, 9.17) is 5.73 Å². The highest BCUT2D eigenvalue weighted by atomic mass is 16.2. The van der Waals surface area contributed by atoms with Crippen LogP contribution in [0.1, 0.15) is 158 Å². The predicted molar refractivity (Wildman–Crippen MR) is 209 cm³/mol. The highest BCUT2D eigenvalue weighted by molar-refractivity contribution is 6.37. The number of aryl methyl sites for hydroxylation is 1. The lowest BCUT2D eigenvalue weighted by Gasteiger charge is -2.21. The minimum Gasteiger partial charge on any atom is -0.369 e. The maximum absolute atomic E-state index is 11.5. The van der Waals surface area contributed by atoms with E-state index < -0.39 is 0 Å². The zero-order valence-corrected chi connectivity index (χ0v) is 33.7. The van der Waals surface area contributed by atoms with Crippen LogP contribution in [0.4, 0.5) is 0 Å². The third-order valence-electron chi connectivity index (χ3n) is 8.45. The molecule has 0 saturated carbocycles. The van der Waals surface area contributed by atoms with E-state index in [1.165, 1.54) is 38.2 Å². The Bertz CT molecular complexity index is 994. The van der Waals surface area contributed by atoms with Gasteiger partial charge in [0, 0.05) is 30.8 Å². The first-order valence-electron chi connectivity index (χ1n) is 18.9. The van der Waals surface area contributed by atoms with Crippen molar-refractivity contribution in [1.82, 2.24) is 5.32 Å². The van der Waals surface area contributed by atoms with Crippen LogP contribution in [0.2, 0.25) is 0 Å². The van der Waals surface area contributed by atoms with Crippen molar-refractivity contribution in [3.05, 3.63) is 41.5 Å². The summed E-state index contributed by atoms with van der Waals surface area (Å²) >= 11 is 0. The summed E-state index contributed by atoms with van der Waals surface area (Å²) in [4.78, 5) is 53.5. The lowest BCUT2D eigenvalue weighted by molar-refractivity contribution is -0.138. The Hall–Kier alpha value is -2.89. The van der Waals surface area contributed by atoms with Crippen molar-refractivity contribution in [3.8, 4) is 0 Å². The van der Waals surface area contributed by atoms with Gasteiger partial charge in [0.05, 0.1) is 0 Å². The molecule has 49 heavy (non-hydrogen) atoms. The highest BCUT2D eigenvalue weighted by Crippen LogP contribution is 2.26. The molecule has 7 heteroatoms. The fourth-order valence-corrected chi connectivity index (χ4v) is 4.53. The molecule has 0 aliphatic heterocycles. The van der Waals surface area contributed by atoms with Crippen LogP contribution < -0.4 is 11.1 Å². The number of nitrogens with one attached hydrogen (secondary N) is 1. The number of primary amides is 1. The van der Waals surface area contributed by atoms with Gasteiger partial charge in [-0.1, -0.05) is 129 Å². The summed E-state index contributed by atoms with van der Waals surface area (Å²) < 4.78 is 0. The minimum atomic E-state index is -0.304.